The number of ether oxygens (including phenoxy) is 1. The molecule has 0 aliphatic rings. The monoisotopic (exact) mass is 408 g/mol. The topological polar surface area (TPSA) is 77.8 Å². The van der Waals surface area contributed by atoms with E-state index in [0.717, 1.165) is 45.2 Å². The Hall–Kier alpha value is -4.26. The highest BCUT2D eigenvalue weighted by atomic mass is 16.5. The van der Waals surface area contributed by atoms with Crippen LogP contribution in [0, 0.1) is 6.92 Å². The Morgan fingerprint density at radius 1 is 0.871 bits per heavy atom. The number of aryl methyl sites for hydroxylation is 1. The third-order valence-electron chi connectivity index (χ3n) is 4.94. The van der Waals surface area contributed by atoms with Gasteiger partial charge in [0.05, 0.1) is 24.0 Å². The number of pyridine rings is 1. The van der Waals surface area contributed by atoms with Gasteiger partial charge in [0.25, 0.3) is 0 Å². The van der Waals surface area contributed by atoms with Gasteiger partial charge in [0.2, 0.25) is 0 Å². The van der Waals surface area contributed by atoms with Crippen LogP contribution in [0.1, 0.15) is 5.69 Å². The van der Waals surface area contributed by atoms with Crippen molar-refractivity contribution in [2.45, 2.75) is 6.92 Å². The van der Waals surface area contributed by atoms with Gasteiger partial charge in [-0.2, -0.15) is 9.78 Å². The van der Waals surface area contributed by atoms with E-state index in [2.05, 4.69) is 20.6 Å². The predicted molar refractivity (Wildman–Crippen MR) is 121 cm³/mol. The van der Waals surface area contributed by atoms with Gasteiger partial charge in [-0.15, -0.1) is 10.2 Å². The van der Waals surface area contributed by atoms with Crippen molar-refractivity contribution >= 4 is 22.5 Å². The summed E-state index contributed by atoms with van der Waals surface area (Å²) < 4.78 is 6.98. The average molecular weight is 408 g/mol. The molecule has 7 nitrogen and oxygen atoms in total. The van der Waals surface area contributed by atoms with Crippen LogP contribution in [0.25, 0.3) is 28.0 Å². The molecule has 3 heterocycles. The third kappa shape index (κ3) is 3.81. The van der Waals surface area contributed by atoms with Crippen LogP contribution < -0.4 is 10.1 Å². The molecule has 1 N–H and O–H groups in total. The van der Waals surface area contributed by atoms with E-state index in [1.54, 1.807) is 11.8 Å². The van der Waals surface area contributed by atoms with E-state index >= 15 is 0 Å². The summed E-state index contributed by atoms with van der Waals surface area (Å²) in [6.45, 7) is 1.95. The van der Waals surface area contributed by atoms with E-state index in [-0.39, 0.29) is 0 Å². The molecule has 0 aliphatic heterocycles. The minimum absolute atomic E-state index is 0.624. The van der Waals surface area contributed by atoms with Crippen LogP contribution in [0.15, 0.2) is 78.9 Å². The van der Waals surface area contributed by atoms with Crippen molar-refractivity contribution in [3.63, 3.8) is 0 Å². The van der Waals surface area contributed by atoms with Crippen LogP contribution in [0.5, 0.6) is 5.75 Å². The molecule has 7 heteroatoms. The molecule has 2 aromatic carbocycles. The van der Waals surface area contributed by atoms with Crippen molar-refractivity contribution in [1.29, 1.82) is 0 Å². The molecule has 5 rings (SSSR count). The molecule has 152 valence electrons. The van der Waals surface area contributed by atoms with Gasteiger partial charge in [-0.05, 0) is 61.5 Å². The van der Waals surface area contributed by atoms with E-state index in [1.165, 1.54) is 0 Å². The number of fused-ring (bicyclic) bond motifs is 1. The zero-order valence-electron chi connectivity index (χ0n) is 17.1. The number of aromatic nitrogens is 5. The summed E-state index contributed by atoms with van der Waals surface area (Å²) in [6, 6.07) is 25.5. The molecule has 0 saturated carbocycles. The second-order valence-corrected chi connectivity index (χ2v) is 7.10. The lowest BCUT2D eigenvalue weighted by molar-refractivity contribution is 0.415. The maximum Gasteiger partial charge on any atom is 0.156 e. The van der Waals surface area contributed by atoms with Gasteiger partial charge in [-0.1, -0.05) is 18.2 Å². The predicted octanol–water partition coefficient (Wildman–Crippen LogP) is 4.94. The minimum atomic E-state index is 0.624. The van der Waals surface area contributed by atoms with E-state index in [1.807, 2.05) is 85.8 Å². The summed E-state index contributed by atoms with van der Waals surface area (Å²) in [5.74, 6) is 2.93. The highest BCUT2D eigenvalue weighted by molar-refractivity contribution is 5.79. The van der Waals surface area contributed by atoms with Crippen LogP contribution in [0.3, 0.4) is 0 Å². The fourth-order valence-electron chi connectivity index (χ4n) is 3.38. The van der Waals surface area contributed by atoms with Gasteiger partial charge in [0.15, 0.2) is 11.6 Å². The first kappa shape index (κ1) is 18.7. The van der Waals surface area contributed by atoms with Crippen molar-refractivity contribution in [3.05, 3.63) is 84.6 Å². The molecule has 0 atom stereocenters. The van der Waals surface area contributed by atoms with Crippen molar-refractivity contribution in [1.82, 2.24) is 25.0 Å². The standard InChI is InChI=1S/C24H20N6O/c1-16-15-24(30(29-16)23-14-9-17-5-3-4-6-20(17)25-23)26-22-13-12-21(27-28-22)18-7-10-19(31-2)11-8-18/h3-15H,1-2H3,(H,26,28). The van der Waals surface area contributed by atoms with Gasteiger partial charge in [0, 0.05) is 17.0 Å². The lowest BCUT2D eigenvalue weighted by Gasteiger charge is -2.09. The Labute approximate surface area is 179 Å². The van der Waals surface area contributed by atoms with Crippen molar-refractivity contribution < 1.29 is 4.74 Å². The normalized spacial score (nSPS) is 10.9. The van der Waals surface area contributed by atoms with Crippen LogP contribution in [-0.2, 0) is 0 Å². The molecule has 31 heavy (non-hydrogen) atoms. The molecule has 3 aromatic heterocycles. The van der Waals surface area contributed by atoms with Gasteiger partial charge in [-0.3, -0.25) is 0 Å². The van der Waals surface area contributed by atoms with Crippen LogP contribution in [0.2, 0.25) is 0 Å². The first-order valence-corrected chi connectivity index (χ1v) is 9.88. The molecule has 0 bridgehead atoms. The third-order valence-corrected chi connectivity index (χ3v) is 4.94. The highest BCUT2D eigenvalue weighted by Gasteiger charge is 2.11. The Balaban J connectivity index is 1.42. The summed E-state index contributed by atoms with van der Waals surface area (Å²) >= 11 is 0. The van der Waals surface area contributed by atoms with Gasteiger partial charge >= 0.3 is 0 Å². The van der Waals surface area contributed by atoms with Gasteiger partial charge < -0.3 is 10.1 Å². The molecular weight excluding hydrogens is 388 g/mol. The second-order valence-electron chi connectivity index (χ2n) is 7.10. The summed E-state index contributed by atoms with van der Waals surface area (Å²) in [5, 5.41) is 17.7. The molecule has 0 aliphatic carbocycles. The lowest BCUT2D eigenvalue weighted by Crippen LogP contribution is -2.06. The quantitative estimate of drug-likeness (QED) is 0.444. The number of hydrogen-bond donors (Lipinski definition) is 1. The van der Waals surface area contributed by atoms with E-state index in [0.29, 0.717) is 5.82 Å². The number of anilines is 2. The minimum Gasteiger partial charge on any atom is -0.497 e. The first-order chi connectivity index (χ1) is 15.2. The summed E-state index contributed by atoms with van der Waals surface area (Å²) in [4.78, 5) is 4.74. The molecule has 0 spiro atoms. The summed E-state index contributed by atoms with van der Waals surface area (Å²) in [7, 11) is 1.65. The molecule has 0 fully saturated rings. The maximum atomic E-state index is 5.20. The second kappa shape index (κ2) is 7.87. The number of nitrogens with one attached hydrogen (secondary N) is 1. The number of rotatable bonds is 5. The van der Waals surface area contributed by atoms with Crippen molar-refractivity contribution in [2.24, 2.45) is 0 Å². The zero-order chi connectivity index (χ0) is 21.2. The average Bonchev–Trinajstić information content (AvgIpc) is 3.19. The fourth-order valence-corrected chi connectivity index (χ4v) is 3.38. The molecule has 5 aromatic rings. The molecule has 0 radical (unpaired) electrons. The SMILES string of the molecule is COc1ccc(-c2ccc(Nc3cc(C)nn3-c3ccc4ccccc4n3)nn2)cc1. The number of benzene rings is 2. The number of hydrogen-bond acceptors (Lipinski definition) is 6. The van der Waals surface area contributed by atoms with Crippen molar-refractivity contribution in [3.8, 4) is 22.8 Å². The zero-order valence-corrected chi connectivity index (χ0v) is 17.1. The molecule has 0 saturated heterocycles. The number of nitrogens with zero attached hydrogens (tertiary/aromatic N) is 5. The Kier molecular flexibility index (Phi) is 4.76. The number of methoxy groups -OCH3 is 1. The van der Waals surface area contributed by atoms with Crippen LogP contribution in [0.4, 0.5) is 11.6 Å². The summed E-state index contributed by atoms with van der Waals surface area (Å²) in [5.41, 5.74) is 3.55. The Bertz CT molecular complexity index is 1340. The molecule has 0 amide bonds. The highest BCUT2D eigenvalue weighted by Crippen LogP contribution is 2.24. The van der Waals surface area contributed by atoms with Crippen molar-refractivity contribution in [2.75, 3.05) is 12.4 Å². The van der Waals surface area contributed by atoms with E-state index < -0.39 is 0 Å². The van der Waals surface area contributed by atoms with Gasteiger partial charge in [-0.25, -0.2) is 4.98 Å². The summed E-state index contributed by atoms with van der Waals surface area (Å²) in [6.07, 6.45) is 0. The smallest absolute Gasteiger partial charge is 0.156 e. The lowest BCUT2D eigenvalue weighted by atomic mass is 10.1. The Morgan fingerprint density at radius 3 is 2.48 bits per heavy atom. The van der Waals surface area contributed by atoms with E-state index in [4.69, 9.17) is 9.72 Å². The number of para-hydroxylation sites is 1. The van der Waals surface area contributed by atoms with Gasteiger partial charge in [0.1, 0.15) is 11.6 Å². The van der Waals surface area contributed by atoms with E-state index in [9.17, 15) is 0 Å². The fraction of sp³-hybridized carbons (Fsp3) is 0.0833. The first-order valence-electron chi connectivity index (χ1n) is 9.88. The van der Waals surface area contributed by atoms with Crippen LogP contribution >= 0.6 is 0 Å². The Morgan fingerprint density at radius 2 is 1.71 bits per heavy atom. The van der Waals surface area contributed by atoms with Crippen LogP contribution in [-0.4, -0.2) is 32.1 Å². The largest absolute Gasteiger partial charge is 0.497 e. The molecule has 0 unspecified atom stereocenters. The maximum absolute atomic E-state index is 5.20. The molecular formula is C24H20N6O.